The van der Waals surface area contributed by atoms with E-state index in [4.69, 9.17) is 0 Å². The van der Waals surface area contributed by atoms with Crippen LogP contribution in [0, 0.1) is 0 Å². The summed E-state index contributed by atoms with van der Waals surface area (Å²) in [7, 11) is -1.37. The Morgan fingerprint density at radius 1 is 1.36 bits per heavy atom. The van der Waals surface area contributed by atoms with Gasteiger partial charge in [0.1, 0.15) is 0 Å². The second-order valence-corrected chi connectivity index (χ2v) is 3.96. The largest absolute Gasteiger partial charge is 0.475 e. The number of anilines is 1. The van der Waals surface area contributed by atoms with Crippen LogP contribution in [0.2, 0.25) is 0 Å². The number of halogens is 3. The molecule has 0 aliphatic heterocycles. The number of nitrogens with one attached hydrogen (secondary N) is 1. The van der Waals surface area contributed by atoms with Gasteiger partial charge in [-0.05, 0) is 18.2 Å². The van der Waals surface area contributed by atoms with Crippen molar-refractivity contribution in [3.8, 4) is 0 Å². The summed E-state index contributed by atoms with van der Waals surface area (Å²) in [5, 5.41) is 2.67. The van der Waals surface area contributed by atoms with E-state index in [1.54, 1.807) is 13.1 Å². The van der Waals surface area contributed by atoms with Crippen LogP contribution < -0.4 is 5.32 Å². The van der Waals surface area contributed by atoms with Crippen molar-refractivity contribution in [2.24, 2.45) is 0 Å². The summed E-state index contributed by atoms with van der Waals surface area (Å²) < 4.78 is 47.0. The summed E-state index contributed by atoms with van der Waals surface area (Å²) >= 11 is 0. The van der Waals surface area contributed by atoms with Gasteiger partial charge in [0, 0.05) is 17.6 Å². The van der Waals surface area contributed by atoms with Crippen molar-refractivity contribution in [1.82, 2.24) is 0 Å². The average molecular weight is 223 g/mol. The van der Waals surface area contributed by atoms with Crippen molar-refractivity contribution in [2.75, 3.05) is 12.4 Å². The Morgan fingerprint density at radius 2 is 2.00 bits per heavy atom. The Bertz CT molecular complexity index is 351. The minimum Gasteiger partial charge on any atom is -0.388 e. The molecule has 0 fully saturated rings. The van der Waals surface area contributed by atoms with E-state index in [2.05, 4.69) is 5.32 Å². The standard InChI is InChI=1S/C8H8F3NOS/c1-12-6-3-2-4-7(5-6)14(13)8(9,10)11/h2-5,12H,1H3. The van der Waals surface area contributed by atoms with E-state index < -0.39 is 16.3 Å². The molecule has 1 atom stereocenters. The topological polar surface area (TPSA) is 29.1 Å². The molecule has 2 nitrogen and oxygen atoms in total. The zero-order valence-electron chi connectivity index (χ0n) is 7.26. The lowest BCUT2D eigenvalue weighted by molar-refractivity contribution is -0.0384. The number of alkyl halides is 3. The van der Waals surface area contributed by atoms with E-state index in [9.17, 15) is 17.4 Å². The quantitative estimate of drug-likeness (QED) is 0.833. The number of rotatable bonds is 2. The van der Waals surface area contributed by atoms with E-state index in [0.717, 1.165) is 0 Å². The lowest BCUT2D eigenvalue weighted by atomic mass is 10.3. The van der Waals surface area contributed by atoms with Gasteiger partial charge in [0.15, 0.2) is 10.8 Å². The molecule has 0 spiro atoms. The first-order valence-electron chi connectivity index (χ1n) is 3.71. The first kappa shape index (κ1) is 11.0. The fourth-order valence-electron chi connectivity index (χ4n) is 0.901. The maximum atomic E-state index is 12.0. The molecule has 1 N–H and O–H groups in total. The summed E-state index contributed by atoms with van der Waals surface area (Å²) in [6.45, 7) is 0. The lowest BCUT2D eigenvalue weighted by Crippen LogP contribution is -2.16. The molecule has 1 unspecified atom stereocenters. The van der Waals surface area contributed by atoms with Crippen LogP contribution in [0.15, 0.2) is 29.2 Å². The molecule has 0 aromatic heterocycles. The molecule has 0 heterocycles. The van der Waals surface area contributed by atoms with Crippen molar-refractivity contribution < 1.29 is 17.4 Å². The van der Waals surface area contributed by atoms with Crippen LogP contribution >= 0.6 is 0 Å². The first-order chi connectivity index (χ1) is 6.45. The molecular weight excluding hydrogens is 215 g/mol. The molecule has 1 aromatic carbocycles. The van der Waals surface area contributed by atoms with Gasteiger partial charge in [0.2, 0.25) is 0 Å². The molecule has 1 rings (SSSR count). The summed E-state index contributed by atoms with van der Waals surface area (Å²) in [6, 6.07) is 5.41. The van der Waals surface area contributed by atoms with E-state index in [0.29, 0.717) is 5.69 Å². The number of hydrogen-bond donors (Lipinski definition) is 1. The summed E-state index contributed by atoms with van der Waals surface area (Å²) in [5.74, 6) is 0. The first-order valence-corrected chi connectivity index (χ1v) is 4.86. The van der Waals surface area contributed by atoms with E-state index in [-0.39, 0.29) is 4.90 Å². The fraction of sp³-hybridized carbons (Fsp3) is 0.250. The highest BCUT2D eigenvalue weighted by molar-refractivity contribution is 7.86. The molecule has 0 aliphatic carbocycles. The second-order valence-electron chi connectivity index (χ2n) is 2.49. The molecule has 78 valence electrons. The second kappa shape index (κ2) is 4.00. The third-order valence-corrected chi connectivity index (χ3v) is 2.65. The molecule has 0 bridgehead atoms. The van der Waals surface area contributed by atoms with Crippen molar-refractivity contribution in [1.29, 1.82) is 0 Å². The summed E-state index contributed by atoms with van der Waals surface area (Å²) in [5.41, 5.74) is -4.20. The summed E-state index contributed by atoms with van der Waals surface area (Å²) in [4.78, 5) is -0.246. The Morgan fingerprint density at radius 3 is 2.50 bits per heavy atom. The molecule has 1 aromatic rings. The average Bonchev–Trinajstić information content (AvgIpc) is 2.15. The van der Waals surface area contributed by atoms with Crippen LogP contribution in [0.5, 0.6) is 0 Å². The maximum Gasteiger partial charge on any atom is 0.475 e. The lowest BCUT2D eigenvalue weighted by Gasteiger charge is -2.07. The van der Waals surface area contributed by atoms with Crippen molar-refractivity contribution in [2.45, 2.75) is 10.4 Å². The van der Waals surface area contributed by atoms with Gasteiger partial charge in [-0.2, -0.15) is 13.2 Å². The van der Waals surface area contributed by atoms with Gasteiger partial charge in [0.25, 0.3) is 0 Å². The van der Waals surface area contributed by atoms with Crippen LogP contribution in [0.1, 0.15) is 0 Å². The number of benzene rings is 1. The van der Waals surface area contributed by atoms with Crippen LogP contribution in [0.25, 0.3) is 0 Å². The Kier molecular flexibility index (Phi) is 3.15. The fourth-order valence-corrected chi connectivity index (χ4v) is 1.60. The smallest absolute Gasteiger partial charge is 0.388 e. The molecule has 6 heteroatoms. The minimum atomic E-state index is -4.70. The van der Waals surface area contributed by atoms with Crippen molar-refractivity contribution >= 4 is 16.5 Å². The molecular formula is C8H8F3NOS. The Balaban J connectivity index is 3.02. The maximum absolute atomic E-state index is 12.0. The zero-order valence-corrected chi connectivity index (χ0v) is 8.08. The van der Waals surface area contributed by atoms with Gasteiger partial charge >= 0.3 is 5.51 Å². The van der Waals surface area contributed by atoms with Crippen LogP contribution in [-0.4, -0.2) is 16.8 Å². The van der Waals surface area contributed by atoms with Gasteiger partial charge < -0.3 is 5.32 Å². The number of hydrogen-bond acceptors (Lipinski definition) is 2. The highest BCUT2D eigenvalue weighted by Crippen LogP contribution is 2.27. The normalized spacial score (nSPS) is 13.7. The van der Waals surface area contributed by atoms with Crippen LogP contribution in [-0.2, 0) is 10.8 Å². The SMILES string of the molecule is CNc1cccc(S(=O)C(F)(F)F)c1. The Labute approximate surface area is 81.6 Å². The highest BCUT2D eigenvalue weighted by atomic mass is 32.2. The molecule has 14 heavy (non-hydrogen) atoms. The zero-order chi connectivity index (χ0) is 10.8. The molecule has 0 aliphatic rings. The van der Waals surface area contributed by atoms with Gasteiger partial charge in [-0.15, -0.1) is 0 Å². The van der Waals surface area contributed by atoms with Gasteiger partial charge in [0.05, 0.1) is 0 Å². The van der Waals surface area contributed by atoms with E-state index in [1.807, 2.05) is 0 Å². The van der Waals surface area contributed by atoms with Crippen molar-refractivity contribution in [3.63, 3.8) is 0 Å². The van der Waals surface area contributed by atoms with Gasteiger partial charge in [-0.1, -0.05) is 6.07 Å². The van der Waals surface area contributed by atoms with Gasteiger partial charge in [-0.25, -0.2) is 4.21 Å². The highest BCUT2D eigenvalue weighted by Gasteiger charge is 2.37. The minimum absolute atomic E-state index is 0.246. The van der Waals surface area contributed by atoms with Gasteiger partial charge in [-0.3, -0.25) is 0 Å². The summed E-state index contributed by atoms with van der Waals surface area (Å²) in [6.07, 6.45) is 0. The van der Waals surface area contributed by atoms with Crippen LogP contribution in [0.3, 0.4) is 0 Å². The molecule has 0 amide bonds. The molecule has 0 radical (unpaired) electrons. The Hall–Kier alpha value is -1.04. The third kappa shape index (κ3) is 2.47. The molecule has 0 saturated carbocycles. The molecule has 0 saturated heterocycles. The monoisotopic (exact) mass is 223 g/mol. The predicted molar refractivity (Wildman–Crippen MR) is 48.5 cm³/mol. The predicted octanol–water partition coefficient (Wildman–Crippen LogP) is 2.36. The van der Waals surface area contributed by atoms with Crippen molar-refractivity contribution in [3.05, 3.63) is 24.3 Å². The van der Waals surface area contributed by atoms with E-state index in [1.165, 1.54) is 18.2 Å². The van der Waals surface area contributed by atoms with E-state index >= 15 is 0 Å². The third-order valence-electron chi connectivity index (χ3n) is 1.55. The van der Waals surface area contributed by atoms with Crippen LogP contribution in [0.4, 0.5) is 18.9 Å².